The molecule has 0 aliphatic carbocycles. The first-order valence-electron chi connectivity index (χ1n) is 9.17. The third-order valence-corrected chi connectivity index (χ3v) is 5.70. The number of aromatic nitrogens is 1. The van der Waals surface area contributed by atoms with E-state index < -0.39 is 12.1 Å². The second-order valence-electron chi connectivity index (χ2n) is 7.49. The molecule has 3 aliphatic rings. The molecule has 0 radical (unpaired) electrons. The summed E-state index contributed by atoms with van der Waals surface area (Å²) in [7, 11) is 1.78. The van der Waals surface area contributed by atoms with E-state index in [9.17, 15) is 19.2 Å². The van der Waals surface area contributed by atoms with Crippen LogP contribution in [0.1, 0.15) is 30.3 Å². The number of carbonyl (C=O) groups excluding carboxylic acids is 4. The lowest BCUT2D eigenvalue weighted by Crippen LogP contribution is -2.52. The van der Waals surface area contributed by atoms with Gasteiger partial charge in [0.25, 0.3) is 5.91 Å². The Morgan fingerprint density at radius 1 is 1.30 bits per heavy atom. The highest BCUT2D eigenvalue weighted by atomic mass is 16.2. The predicted octanol–water partition coefficient (Wildman–Crippen LogP) is -1.16. The van der Waals surface area contributed by atoms with Crippen LogP contribution in [0.2, 0.25) is 0 Å². The van der Waals surface area contributed by atoms with Gasteiger partial charge in [-0.1, -0.05) is 0 Å². The molecule has 0 spiro atoms. The molecule has 2 N–H and O–H groups in total. The first-order chi connectivity index (χ1) is 12.9. The number of nitrogens with zero attached hydrogens (tertiary/aromatic N) is 3. The monoisotopic (exact) mass is 373 g/mol. The molecule has 144 valence electrons. The number of hydrogen-bond acceptors (Lipinski definition) is 4. The van der Waals surface area contributed by atoms with E-state index in [-0.39, 0.29) is 42.3 Å². The van der Waals surface area contributed by atoms with Crippen molar-refractivity contribution in [1.82, 2.24) is 25.0 Å². The van der Waals surface area contributed by atoms with Crippen LogP contribution in [0.3, 0.4) is 0 Å². The molecule has 9 heteroatoms. The largest absolute Gasteiger partial charge is 0.352 e. The van der Waals surface area contributed by atoms with Crippen molar-refractivity contribution in [1.29, 1.82) is 0 Å². The van der Waals surface area contributed by atoms with Gasteiger partial charge in [-0.25, -0.2) is 0 Å². The summed E-state index contributed by atoms with van der Waals surface area (Å²) < 4.78 is 1.72. The minimum atomic E-state index is -0.711. The average Bonchev–Trinajstić information content (AvgIpc) is 3.30. The first kappa shape index (κ1) is 17.6. The number of fused-ring (bicyclic) bond motifs is 2. The fourth-order valence-corrected chi connectivity index (χ4v) is 4.48. The zero-order chi connectivity index (χ0) is 19.3. The minimum absolute atomic E-state index is 0.190. The van der Waals surface area contributed by atoms with Crippen molar-refractivity contribution < 1.29 is 19.2 Å². The van der Waals surface area contributed by atoms with Crippen LogP contribution in [0, 0.1) is 0 Å². The molecule has 9 nitrogen and oxygen atoms in total. The van der Waals surface area contributed by atoms with Crippen molar-refractivity contribution in [2.24, 2.45) is 7.05 Å². The van der Waals surface area contributed by atoms with Gasteiger partial charge in [0, 0.05) is 39.3 Å². The Morgan fingerprint density at radius 2 is 2.07 bits per heavy atom. The number of amides is 4. The Kier molecular flexibility index (Phi) is 4.16. The lowest BCUT2D eigenvalue weighted by atomic mass is 10.1. The van der Waals surface area contributed by atoms with Gasteiger partial charge in [-0.05, 0) is 25.0 Å². The molecule has 0 saturated carbocycles. The van der Waals surface area contributed by atoms with Gasteiger partial charge in [0.15, 0.2) is 0 Å². The second kappa shape index (κ2) is 6.40. The summed E-state index contributed by atoms with van der Waals surface area (Å²) in [6.07, 6.45) is 2.72. The number of hydrogen-bond donors (Lipinski definition) is 2. The van der Waals surface area contributed by atoms with E-state index in [1.165, 1.54) is 11.8 Å². The SMILES string of the molecule is CC(=O)NC1CC2C(=O)NC3CCN(C(=O)c4cccn4C)C3C(=O)N2C1. The molecule has 4 heterocycles. The van der Waals surface area contributed by atoms with E-state index in [1.807, 2.05) is 0 Å². The summed E-state index contributed by atoms with van der Waals surface area (Å²) in [6, 6.07) is 1.56. The molecule has 4 amide bonds. The van der Waals surface area contributed by atoms with Gasteiger partial charge < -0.3 is 25.0 Å². The van der Waals surface area contributed by atoms with E-state index >= 15 is 0 Å². The van der Waals surface area contributed by atoms with Crippen LogP contribution in [-0.2, 0) is 21.4 Å². The maximum absolute atomic E-state index is 13.3. The number of aryl methyl sites for hydroxylation is 1. The van der Waals surface area contributed by atoms with Crippen molar-refractivity contribution in [3.63, 3.8) is 0 Å². The average molecular weight is 373 g/mol. The van der Waals surface area contributed by atoms with Crippen molar-refractivity contribution in [3.8, 4) is 0 Å². The van der Waals surface area contributed by atoms with Gasteiger partial charge in [-0.3, -0.25) is 19.2 Å². The molecule has 1 aromatic heterocycles. The third kappa shape index (κ3) is 2.87. The Bertz CT molecular complexity index is 818. The van der Waals surface area contributed by atoms with Crippen LogP contribution in [0.15, 0.2) is 18.3 Å². The highest BCUT2D eigenvalue weighted by Gasteiger charge is 2.52. The van der Waals surface area contributed by atoms with Gasteiger partial charge in [-0.2, -0.15) is 0 Å². The van der Waals surface area contributed by atoms with Crippen LogP contribution in [0.5, 0.6) is 0 Å². The second-order valence-corrected chi connectivity index (χ2v) is 7.49. The Morgan fingerprint density at radius 3 is 2.74 bits per heavy atom. The van der Waals surface area contributed by atoms with E-state index in [2.05, 4.69) is 10.6 Å². The number of carbonyl (C=O) groups is 4. The van der Waals surface area contributed by atoms with E-state index in [0.717, 1.165) is 0 Å². The summed E-state index contributed by atoms with van der Waals surface area (Å²) in [5.41, 5.74) is 0.508. The van der Waals surface area contributed by atoms with Crippen LogP contribution < -0.4 is 10.6 Å². The van der Waals surface area contributed by atoms with Crippen LogP contribution in [0.4, 0.5) is 0 Å². The van der Waals surface area contributed by atoms with Gasteiger partial charge in [0.1, 0.15) is 17.8 Å². The molecule has 0 aromatic carbocycles. The fourth-order valence-electron chi connectivity index (χ4n) is 4.48. The van der Waals surface area contributed by atoms with Gasteiger partial charge in [0.05, 0.1) is 6.04 Å². The van der Waals surface area contributed by atoms with Crippen molar-refractivity contribution in [3.05, 3.63) is 24.0 Å². The molecular weight excluding hydrogens is 350 g/mol. The molecule has 27 heavy (non-hydrogen) atoms. The molecule has 1 aromatic rings. The number of likely N-dealkylation sites (tertiary alicyclic amines) is 1. The molecule has 3 saturated heterocycles. The van der Waals surface area contributed by atoms with Crippen molar-refractivity contribution >= 4 is 23.6 Å². The molecule has 3 fully saturated rings. The highest BCUT2D eigenvalue weighted by Crippen LogP contribution is 2.30. The van der Waals surface area contributed by atoms with Crippen LogP contribution in [-0.4, -0.2) is 75.3 Å². The minimum Gasteiger partial charge on any atom is -0.352 e. The Labute approximate surface area is 156 Å². The smallest absolute Gasteiger partial charge is 0.271 e. The Balaban J connectivity index is 1.60. The maximum atomic E-state index is 13.3. The first-order valence-corrected chi connectivity index (χ1v) is 9.17. The predicted molar refractivity (Wildman–Crippen MR) is 94.5 cm³/mol. The van der Waals surface area contributed by atoms with Crippen molar-refractivity contribution in [2.45, 2.75) is 43.9 Å². The molecule has 3 aliphatic heterocycles. The third-order valence-electron chi connectivity index (χ3n) is 5.70. The summed E-state index contributed by atoms with van der Waals surface area (Å²) in [5.74, 6) is -0.841. The molecule has 4 atom stereocenters. The summed E-state index contributed by atoms with van der Waals surface area (Å²) in [4.78, 5) is 53.4. The molecular formula is C18H23N5O4. The lowest BCUT2D eigenvalue weighted by molar-refractivity contribution is -0.138. The zero-order valence-electron chi connectivity index (χ0n) is 15.3. The van der Waals surface area contributed by atoms with E-state index in [4.69, 9.17) is 0 Å². The number of rotatable bonds is 2. The van der Waals surface area contributed by atoms with E-state index in [1.54, 1.807) is 34.8 Å². The van der Waals surface area contributed by atoms with Crippen LogP contribution >= 0.6 is 0 Å². The maximum Gasteiger partial charge on any atom is 0.271 e. The topological polar surface area (TPSA) is 104 Å². The molecule has 4 unspecified atom stereocenters. The highest BCUT2D eigenvalue weighted by molar-refractivity contribution is 6.00. The lowest BCUT2D eigenvalue weighted by Gasteiger charge is -2.29. The molecule has 0 bridgehead atoms. The van der Waals surface area contributed by atoms with Crippen LogP contribution in [0.25, 0.3) is 0 Å². The normalized spacial score (nSPS) is 29.9. The number of nitrogens with one attached hydrogen (secondary N) is 2. The van der Waals surface area contributed by atoms with E-state index in [0.29, 0.717) is 25.1 Å². The summed E-state index contributed by atoms with van der Waals surface area (Å²) in [5, 5.41) is 5.73. The van der Waals surface area contributed by atoms with Gasteiger partial charge in [0.2, 0.25) is 17.7 Å². The molecule has 4 rings (SSSR count). The standard InChI is InChI=1S/C18H23N5O4/c1-10(24)19-11-8-14-16(25)20-12-5-7-22(15(12)18(27)23(14)9-11)17(26)13-4-3-6-21(13)2/h3-4,6,11-12,14-15H,5,7-9H2,1-2H3,(H,19,24)(H,20,25). The van der Waals surface area contributed by atoms with Gasteiger partial charge >= 0.3 is 0 Å². The summed E-state index contributed by atoms with van der Waals surface area (Å²) >= 11 is 0. The van der Waals surface area contributed by atoms with Crippen molar-refractivity contribution in [2.75, 3.05) is 13.1 Å². The van der Waals surface area contributed by atoms with Gasteiger partial charge in [-0.15, -0.1) is 0 Å². The Hall–Kier alpha value is -2.84. The summed E-state index contributed by atoms with van der Waals surface area (Å²) in [6.45, 7) is 2.11. The quantitative estimate of drug-likeness (QED) is 0.683. The zero-order valence-corrected chi connectivity index (χ0v) is 15.3. The fraction of sp³-hybridized carbons (Fsp3) is 0.556.